The minimum absolute atomic E-state index is 0.0462. The maximum absolute atomic E-state index is 15.1. The number of halogens is 6. The smallest absolute Gasteiger partial charge is 0.384 e. The topological polar surface area (TPSA) is 115 Å². The molecule has 0 fully saturated rings. The number of aromatic nitrogens is 4. The first-order chi connectivity index (χ1) is 18.4. The fourth-order valence-corrected chi connectivity index (χ4v) is 4.15. The maximum Gasteiger partial charge on any atom is 0.435 e. The Morgan fingerprint density at radius 3 is 2.44 bits per heavy atom. The van der Waals surface area contributed by atoms with Crippen molar-refractivity contribution in [2.75, 3.05) is 5.32 Å². The minimum atomic E-state index is -4.86. The number of amides is 1. The maximum atomic E-state index is 15.1. The zero-order valence-corrected chi connectivity index (χ0v) is 20.9. The molecule has 0 aliphatic rings. The van der Waals surface area contributed by atoms with Gasteiger partial charge < -0.3 is 11.1 Å². The van der Waals surface area contributed by atoms with Crippen LogP contribution in [0.25, 0.3) is 22.4 Å². The number of rotatable bonds is 5. The van der Waals surface area contributed by atoms with Crippen LogP contribution in [0.1, 0.15) is 21.7 Å². The van der Waals surface area contributed by atoms with E-state index in [1.54, 1.807) is 16.7 Å². The van der Waals surface area contributed by atoms with Gasteiger partial charge in [-0.25, -0.2) is 14.1 Å². The van der Waals surface area contributed by atoms with Crippen molar-refractivity contribution in [2.24, 2.45) is 5.73 Å². The molecule has 0 saturated heterocycles. The van der Waals surface area contributed by atoms with Crippen LogP contribution in [0.2, 0.25) is 10.0 Å². The number of alkyl halides is 3. The molecule has 0 saturated carbocycles. The van der Waals surface area contributed by atoms with Crippen molar-refractivity contribution in [1.82, 2.24) is 19.3 Å². The largest absolute Gasteiger partial charge is 0.435 e. The number of imidazole rings is 1. The Balaban J connectivity index is 1.49. The molecule has 8 nitrogen and oxygen atoms in total. The Morgan fingerprint density at radius 1 is 1.00 bits per heavy atom. The molecule has 5 rings (SSSR count). The van der Waals surface area contributed by atoms with Crippen molar-refractivity contribution < 1.29 is 22.4 Å². The zero-order valence-electron chi connectivity index (χ0n) is 19.4. The summed E-state index contributed by atoms with van der Waals surface area (Å²) >= 11 is 12.1. The summed E-state index contributed by atoms with van der Waals surface area (Å²) in [7, 11) is 0. The molecule has 3 aromatic carbocycles. The van der Waals surface area contributed by atoms with Crippen molar-refractivity contribution in [3.63, 3.8) is 0 Å². The third kappa shape index (κ3) is 5.03. The van der Waals surface area contributed by atoms with E-state index in [9.17, 15) is 18.0 Å². The standard InChI is InChI=1S/C25H15Cl2F4N7O/c26-15-8-19-20(9-16(15)27)37(11-34-19)13-4-5-18(17(28)7-13)35-24(39)21-10-22(25(29,30)31)36-38(21)14-3-1-2-12(6-14)23(32)33/h1-11H,(H3,32,33)(H,35,39). The van der Waals surface area contributed by atoms with Crippen molar-refractivity contribution in [1.29, 1.82) is 5.41 Å². The second-order valence-corrected chi connectivity index (χ2v) is 9.09. The van der Waals surface area contributed by atoms with E-state index in [1.165, 1.54) is 42.7 Å². The Morgan fingerprint density at radius 2 is 1.74 bits per heavy atom. The lowest BCUT2D eigenvalue weighted by Crippen LogP contribution is -2.18. The fourth-order valence-electron chi connectivity index (χ4n) is 3.84. The van der Waals surface area contributed by atoms with E-state index in [2.05, 4.69) is 15.4 Å². The number of nitrogens with zero attached hydrogens (tertiary/aromatic N) is 4. The SMILES string of the molecule is N=C(N)c1cccc(-n2nc(C(F)(F)F)cc2C(=O)Nc2ccc(-n3cnc4cc(Cl)c(Cl)cc43)cc2F)c1. The van der Waals surface area contributed by atoms with Crippen molar-refractivity contribution >= 4 is 51.7 Å². The molecular formula is C25H15Cl2F4N7O. The molecular weight excluding hydrogens is 561 g/mol. The summed E-state index contributed by atoms with van der Waals surface area (Å²) in [6.07, 6.45) is -3.41. The number of carbonyl (C=O) groups is 1. The van der Waals surface area contributed by atoms with Gasteiger partial charge in [-0.05, 0) is 36.4 Å². The number of amidine groups is 1. The van der Waals surface area contributed by atoms with Gasteiger partial charge in [0.05, 0.1) is 38.1 Å². The average molecular weight is 576 g/mol. The molecule has 0 bridgehead atoms. The average Bonchev–Trinajstić information content (AvgIpc) is 3.51. The summed E-state index contributed by atoms with van der Waals surface area (Å²) in [6, 6.07) is 13.2. The van der Waals surface area contributed by atoms with Gasteiger partial charge in [0.1, 0.15) is 23.7 Å². The Hall–Kier alpha value is -4.42. The lowest BCUT2D eigenvalue weighted by molar-refractivity contribution is -0.141. The summed E-state index contributed by atoms with van der Waals surface area (Å²) < 4.78 is 57.7. The molecule has 4 N–H and O–H groups in total. The molecule has 198 valence electrons. The van der Waals surface area contributed by atoms with Crippen molar-refractivity contribution in [3.8, 4) is 11.4 Å². The van der Waals surface area contributed by atoms with Gasteiger partial charge in [0, 0.05) is 17.7 Å². The third-order valence-electron chi connectivity index (χ3n) is 5.70. The first-order valence-corrected chi connectivity index (χ1v) is 11.7. The van der Waals surface area contributed by atoms with Gasteiger partial charge in [-0.1, -0.05) is 35.3 Å². The number of nitrogen functional groups attached to an aromatic ring is 1. The summed E-state index contributed by atoms with van der Waals surface area (Å²) in [5.41, 5.74) is 5.02. The van der Waals surface area contributed by atoms with Crippen LogP contribution in [-0.4, -0.2) is 31.1 Å². The number of hydrogen-bond donors (Lipinski definition) is 3. The van der Waals surface area contributed by atoms with Gasteiger partial charge in [0.25, 0.3) is 5.91 Å². The van der Waals surface area contributed by atoms with E-state index in [-0.39, 0.29) is 27.8 Å². The molecule has 39 heavy (non-hydrogen) atoms. The molecule has 0 radical (unpaired) electrons. The number of nitrogens with one attached hydrogen (secondary N) is 2. The van der Waals surface area contributed by atoms with E-state index in [4.69, 9.17) is 34.3 Å². The van der Waals surface area contributed by atoms with Crippen LogP contribution in [0.3, 0.4) is 0 Å². The Kier molecular flexibility index (Phi) is 6.52. The normalized spacial score (nSPS) is 11.6. The minimum Gasteiger partial charge on any atom is -0.384 e. The van der Waals surface area contributed by atoms with Gasteiger partial charge in [-0.2, -0.15) is 18.3 Å². The molecule has 2 aromatic heterocycles. The monoisotopic (exact) mass is 575 g/mol. The van der Waals surface area contributed by atoms with Crippen LogP contribution in [0.4, 0.5) is 23.2 Å². The molecule has 0 aliphatic heterocycles. The van der Waals surface area contributed by atoms with Gasteiger partial charge in [-0.3, -0.25) is 14.8 Å². The first kappa shape index (κ1) is 26.2. The summed E-state index contributed by atoms with van der Waals surface area (Å²) in [6.45, 7) is 0. The highest BCUT2D eigenvalue weighted by Gasteiger charge is 2.36. The van der Waals surface area contributed by atoms with E-state index in [0.29, 0.717) is 27.8 Å². The molecule has 0 aliphatic carbocycles. The van der Waals surface area contributed by atoms with Crippen molar-refractivity contribution in [2.45, 2.75) is 6.18 Å². The highest BCUT2D eigenvalue weighted by Crippen LogP contribution is 2.31. The van der Waals surface area contributed by atoms with Gasteiger partial charge >= 0.3 is 6.18 Å². The third-order valence-corrected chi connectivity index (χ3v) is 6.42. The van der Waals surface area contributed by atoms with Gasteiger partial charge in [-0.15, -0.1) is 0 Å². The first-order valence-electron chi connectivity index (χ1n) is 11.0. The predicted molar refractivity (Wildman–Crippen MR) is 139 cm³/mol. The highest BCUT2D eigenvalue weighted by molar-refractivity contribution is 6.42. The van der Waals surface area contributed by atoms with Crippen LogP contribution >= 0.6 is 23.2 Å². The number of nitrogens with two attached hydrogens (primary N) is 1. The number of fused-ring (bicyclic) bond motifs is 1. The summed E-state index contributed by atoms with van der Waals surface area (Å²) in [4.78, 5) is 17.3. The number of hydrogen-bond acceptors (Lipinski definition) is 4. The summed E-state index contributed by atoms with van der Waals surface area (Å²) in [5.74, 6) is -2.24. The molecule has 0 atom stereocenters. The lowest BCUT2D eigenvalue weighted by Gasteiger charge is -2.11. The number of carbonyl (C=O) groups excluding carboxylic acids is 1. The molecule has 14 heteroatoms. The quantitative estimate of drug-likeness (QED) is 0.131. The zero-order chi connectivity index (χ0) is 28.1. The lowest BCUT2D eigenvalue weighted by atomic mass is 10.2. The van der Waals surface area contributed by atoms with Crippen LogP contribution < -0.4 is 11.1 Å². The van der Waals surface area contributed by atoms with Gasteiger partial charge in [0.15, 0.2) is 5.69 Å². The van der Waals surface area contributed by atoms with Crippen LogP contribution in [0, 0.1) is 11.2 Å². The number of benzene rings is 3. The second kappa shape index (κ2) is 9.71. The Labute approximate surface area is 227 Å². The van der Waals surface area contributed by atoms with Crippen LogP contribution in [0.5, 0.6) is 0 Å². The van der Waals surface area contributed by atoms with E-state index < -0.39 is 29.3 Å². The van der Waals surface area contributed by atoms with E-state index in [0.717, 1.165) is 10.7 Å². The van der Waals surface area contributed by atoms with Gasteiger partial charge in [0.2, 0.25) is 0 Å². The molecule has 2 heterocycles. The van der Waals surface area contributed by atoms with Crippen LogP contribution in [0.15, 0.2) is 67.0 Å². The molecule has 0 spiro atoms. The molecule has 5 aromatic rings. The van der Waals surface area contributed by atoms with Crippen LogP contribution in [-0.2, 0) is 6.18 Å². The number of anilines is 1. The Bertz CT molecular complexity index is 1780. The summed E-state index contributed by atoms with van der Waals surface area (Å²) in [5, 5.41) is 14.0. The highest BCUT2D eigenvalue weighted by atomic mass is 35.5. The van der Waals surface area contributed by atoms with Crippen molar-refractivity contribution in [3.05, 3.63) is 99.8 Å². The fraction of sp³-hybridized carbons (Fsp3) is 0.0400. The molecule has 0 unspecified atom stereocenters. The predicted octanol–water partition coefficient (Wildman–Crippen LogP) is 6.21. The van der Waals surface area contributed by atoms with E-state index >= 15 is 4.39 Å². The van der Waals surface area contributed by atoms with E-state index in [1.807, 2.05) is 0 Å². The molecule has 1 amide bonds. The second-order valence-electron chi connectivity index (χ2n) is 8.28.